The number of alkyl halides is 1. The number of imidazole rings is 1. The number of benzene rings is 1. The van der Waals surface area contributed by atoms with Crippen LogP contribution in [0.3, 0.4) is 0 Å². The van der Waals surface area contributed by atoms with Gasteiger partial charge in [0.2, 0.25) is 5.88 Å². The number of halogens is 3. The van der Waals surface area contributed by atoms with Crippen LogP contribution in [0.25, 0.3) is 16.9 Å². The van der Waals surface area contributed by atoms with Gasteiger partial charge in [-0.3, -0.25) is 4.57 Å². The maximum absolute atomic E-state index is 6.05. The van der Waals surface area contributed by atoms with Crippen molar-refractivity contribution in [3.63, 3.8) is 0 Å². The molecule has 3 rings (SSSR count). The molecule has 21 heavy (non-hydrogen) atoms. The molecule has 0 aliphatic heterocycles. The zero-order valence-electron chi connectivity index (χ0n) is 10.8. The fourth-order valence-corrected chi connectivity index (χ4v) is 3.63. The van der Waals surface area contributed by atoms with Crippen LogP contribution in [0.5, 0.6) is 5.88 Å². The molecule has 0 spiro atoms. The highest BCUT2D eigenvalue weighted by Crippen LogP contribution is 2.34. The molecular weight excluding hydrogens is 423 g/mol. The summed E-state index contributed by atoms with van der Waals surface area (Å²) >= 11 is 13.2. The lowest BCUT2D eigenvalue weighted by molar-refractivity contribution is 0.401. The van der Waals surface area contributed by atoms with Crippen LogP contribution in [0.4, 0.5) is 0 Å². The predicted octanol–water partition coefficient (Wildman–Crippen LogP) is 4.09. The Morgan fingerprint density at radius 1 is 1.24 bits per heavy atom. The Hall–Kier alpha value is -1.18. The van der Waals surface area contributed by atoms with Gasteiger partial charge >= 0.3 is 0 Å². The third-order valence-electron chi connectivity index (χ3n) is 2.95. The van der Waals surface area contributed by atoms with Gasteiger partial charge in [-0.2, -0.15) is 4.98 Å². The van der Waals surface area contributed by atoms with Gasteiger partial charge in [-0.25, -0.2) is 9.97 Å². The van der Waals surface area contributed by atoms with E-state index in [4.69, 9.17) is 16.3 Å². The number of ether oxygens (including phenoxy) is 1. The topological polar surface area (TPSA) is 52.8 Å². The number of nitrogens with zero attached hydrogens (tertiary/aromatic N) is 4. The molecule has 5 nitrogen and oxygen atoms in total. The molecule has 0 amide bonds. The molecule has 0 unspecified atom stereocenters. The average Bonchev–Trinajstić information content (AvgIpc) is 2.86. The van der Waals surface area contributed by atoms with E-state index in [1.54, 1.807) is 7.11 Å². The lowest BCUT2D eigenvalue weighted by atomic mass is 10.3. The summed E-state index contributed by atoms with van der Waals surface area (Å²) in [5, 5.41) is 0. The number of aromatic nitrogens is 4. The molecule has 0 radical (unpaired) electrons. The van der Waals surface area contributed by atoms with Crippen LogP contribution in [0, 0.1) is 0 Å². The second kappa shape index (κ2) is 5.90. The Morgan fingerprint density at radius 2 is 1.95 bits per heavy atom. The van der Waals surface area contributed by atoms with Gasteiger partial charge in [-0.1, -0.05) is 6.07 Å². The fraction of sp³-hybridized carbons (Fsp3) is 0.154. The van der Waals surface area contributed by atoms with Gasteiger partial charge < -0.3 is 4.74 Å². The first-order chi connectivity index (χ1) is 10.2. The molecule has 8 heteroatoms. The summed E-state index contributed by atoms with van der Waals surface area (Å²) in [4.78, 5) is 12.9. The molecule has 1 aromatic carbocycles. The second-order valence-electron chi connectivity index (χ2n) is 4.12. The summed E-state index contributed by atoms with van der Waals surface area (Å²) in [6, 6.07) is 5.83. The lowest BCUT2D eigenvalue weighted by Gasteiger charge is -2.11. The van der Waals surface area contributed by atoms with Crippen LogP contribution in [-0.2, 0) is 5.88 Å². The second-order valence-corrected chi connectivity index (χ2v) is 6.10. The highest BCUT2D eigenvalue weighted by atomic mass is 79.9. The maximum Gasteiger partial charge on any atom is 0.245 e. The number of rotatable bonds is 3. The van der Waals surface area contributed by atoms with Crippen LogP contribution in [0.15, 0.2) is 33.5 Å². The van der Waals surface area contributed by atoms with Gasteiger partial charge in [0, 0.05) is 8.95 Å². The summed E-state index contributed by atoms with van der Waals surface area (Å²) in [6.07, 6.45) is 1.45. The largest absolute Gasteiger partial charge is 0.479 e. The monoisotopic (exact) mass is 430 g/mol. The first kappa shape index (κ1) is 14.7. The summed E-state index contributed by atoms with van der Waals surface area (Å²) in [5.41, 5.74) is 2.11. The van der Waals surface area contributed by atoms with Gasteiger partial charge in [0.25, 0.3) is 0 Å². The van der Waals surface area contributed by atoms with E-state index < -0.39 is 0 Å². The van der Waals surface area contributed by atoms with Crippen LogP contribution in [0.2, 0.25) is 0 Å². The molecule has 0 bridgehead atoms. The molecular formula is C13H9Br2ClN4O. The van der Waals surface area contributed by atoms with Crippen molar-refractivity contribution >= 4 is 54.6 Å². The molecule has 0 aliphatic rings. The SMILES string of the molecule is COc1ncnc2c1nc(CCl)n2-c1c(Br)cccc1Br. The zero-order valence-corrected chi connectivity index (χ0v) is 14.8. The molecule has 0 N–H and O–H groups in total. The Morgan fingerprint density at radius 3 is 2.57 bits per heavy atom. The molecule has 2 heterocycles. The smallest absolute Gasteiger partial charge is 0.245 e. The molecule has 0 saturated heterocycles. The van der Waals surface area contributed by atoms with Crippen molar-refractivity contribution in [2.75, 3.05) is 7.11 Å². The van der Waals surface area contributed by atoms with Crippen LogP contribution >= 0.6 is 43.5 Å². The first-order valence-electron chi connectivity index (χ1n) is 5.94. The molecule has 0 atom stereocenters. The molecule has 0 fully saturated rings. The summed E-state index contributed by atoms with van der Waals surface area (Å²) < 4.78 is 8.94. The predicted molar refractivity (Wildman–Crippen MR) is 88.2 cm³/mol. The minimum absolute atomic E-state index is 0.243. The Kier molecular flexibility index (Phi) is 4.14. The number of para-hydroxylation sites is 1. The van der Waals surface area contributed by atoms with Gasteiger partial charge in [0.1, 0.15) is 12.2 Å². The third kappa shape index (κ3) is 2.43. The standard InChI is InChI=1S/C13H9Br2ClN4O/c1-21-13-10-12(17-6-18-13)20(9(5-16)19-10)11-7(14)3-2-4-8(11)15/h2-4,6H,5H2,1H3. The van der Waals surface area contributed by atoms with E-state index >= 15 is 0 Å². The van der Waals surface area contributed by atoms with E-state index in [9.17, 15) is 0 Å². The lowest BCUT2D eigenvalue weighted by Crippen LogP contribution is -2.02. The zero-order chi connectivity index (χ0) is 15.0. The normalized spacial score (nSPS) is 11.0. The number of fused-ring (bicyclic) bond motifs is 1. The molecule has 2 aromatic heterocycles. The van der Waals surface area contributed by atoms with Gasteiger partial charge in [0.05, 0.1) is 18.7 Å². The van der Waals surface area contributed by atoms with Gasteiger partial charge in [-0.15, -0.1) is 11.6 Å². The van der Waals surface area contributed by atoms with Crippen molar-refractivity contribution in [2.24, 2.45) is 0 Å². The van der Waals surface area contributed by atoms with E-state index in [1.165, 1.54) is 6.33 Å². The minimum Gasteiger partial charge on any atom is -0.479 e. The summed E-state index contributed by atoms with van der Waals surface area (Å²) in [7, 11) is 1.55. The highest BCUT2D eigenvalue weighted by molar-refractivity contribution is 9.11. The average molecular weight is 433 g/mol. The van der Waals surface area contributed by atoms with E-state index in [2.05, 4.69) is 46.8 Å². The van der Waals surface area contributed by atoms with E-state index in [0.717, 1.165) is 14.6 Å². The van der Waals surface area contributed by atoms with Gasteiger partial charge in [0.15, 0.2) is 11.2 Å². The summed E-state index contributed by atoms with van der Waals surface area (Å²) in [5.74, 6) is 1.33. The van der Waals surface area contributed by atoms with Crippen molar-refractivity contribution in [3.8, 4) is 11.6 Å². The van der Waals surface area contributed by atoms with Crippen molar-refractivity contribution in [2.45, 2.75) is 5.88 Å². The van der Waals surface area contributed by atoms with Gasteiger partial charge in [-0.05, 0) is 44.0 Å². The van der Waals surface area contributed by atoms with Crippen LogP contribution < -0.4 is 4.74 Å². The Labute approximate surface area is 142 Å². The molecule has 108 valence electrons. The fourth-order valence-electron chi connectivity index (χ4n) is 2.09. The van der Waals surface area contributed by atoms with Crippen molar-refractivity contribution < 1.29 is 4.74 Å². The number of hydrogen-bond acceptors (Lipinski definition) is 4. The van der Waals surface area contributed by atoms with Crippen molar-refractivity contribution in [3.05, 3.63) is 39.3 Å². The Balaban J connectivity index is 2.42. The minimum atomic E-state index is 0.243. The first-order valence-corrected chi connectivity index (χ1v) is 8.06. The molecule has 0 aliphatic carbocycles. The highest BCUT2D eigenvalue weighted by Gasteiger charge is 2.20. The van der Waals surface area contributed by atoms with Crippen LogP contribution in [0.1, 0.15) is 5.82 Å². The van der Waals surface area contributed by atoms with E-state index in [-0.39, 0.29) is 5.88 Å². The van der Waals surface area contributed by atoms with Crippen molar-refractivity contribution in [1.29, 1.82) is 0 Å². The number of hydrogen-bond donors (Lipinski definition) is 0. The number of methoxy groups -OCH3 is 1. The maximum atomic E-state index is 6.05. The quantitative estimate of drug-likeness (QED) is 0.585. The van der Waals surface area contributed by atoms with E-state index in [0.29, 0.717) is 22.9 Å². The third-order valence-corrected chi connectivity index (χ3v) is 4.47. The van der Waals surface area contributed by atoms with Crippen molar-refractivity contribution in [1.82, 2.24) is 19.5 Å². The summed E-state index contributed by atoms with van der Waals surface area (Å²) in [6.45, 7) is 0. The molecule has 0 saturated carbocycles. The van der Waals surface area contributed by atoms with E-state index in [1.807, 2.05) is 22.8 Å². The Bertz CT molecular complexity index is 801. The molecule has 3 aromatic rings. The van der Waals surface area contributed by atoms with Crippen LogP contribution in [-0.4, -0.2) is 26.6 Å².